The summed E-state index contributed by atoms with van der Waals surface area (Å²) in [6, 6.07) is 17.1. The summed E-state index contributed by atoms with van der Waals surface area (Å²) in [6.07, 6.45) is 0. The molecule has 1 N–H and O–H groups in total. The number of carbonyl (C=O) groups excluding carboxylic acids is 1. The predicted octanol–water partition coefficient (Wildman–Crippen LogP) is 3.62. The Morgan fingerprint density at radius 1 is 1.00 bits per heavy atom. The molecule has 1 saturated heterocycles. The minimum atomic E-state index is -4.10. The Balaban J connectivity index is 1.63. The van der Waals surface area contributed by atoms with Crippen molar-refractivity contribution in [3.63, 3.8) is 0 Å². The first-order valence-electron chi connectivity index (χ1n) is 11.9. The van der Waals surface area contributed by atoms with E-state index in [-0.39, 0.29) is 47.5 Å². The summed E-state index contributed by atoms with van der Waals surface area (Å²) in [5, 5.41) is 2.64. The number of carbonyl (C=O) groups is 1. The molecule has 39 heavy (non-hydrogen) atoms. The number of amides is 1. The van der Waals surface area contributed by atoms with Crippen LogP contribution in [0.5, 0.6) is 5.75 Å². The van der Waals surface area contributed by atoms with E-state index < -0.39 is 32.5 Å². The number of rotatable bonds is 9. The SMILES string of the molecule is COc1ccc(NC(=O)CN(c2ccc(Br)cc2)S(=O)(=O)c2ccc(C)cc2)cc1S(=O)(=O)N1CCOCC1. The van der Waals surface area contributed by atoms with E-state index in [0.29, 0.717) is 5.69 Å². The number of benzene rings is 3. The molecule has 10 nitrogen and oxygen atoms in total. The molecule has 1 aliphatic heterocycles. The lowest BCUT2D eigenvalue weighted by Gasteiger charge is -2.27. The van der Waals surface area contributed by atoms with Crippen LogP contribution in [0, 0.1) is 6.92 Å². The summed E-state index contributed by atoms with van der Waals surface area (Å²) < 4.78 is 67.3. The number of nitrogens with zero attached hydrogens (tertiary/aromatic N) is 2. The molecule has 0 saturated carbocycles. The molecule has 0 unspecified atom stereocenters. The Morgan fingerprint density at radius 3 is 2.26 bits per heavy atom. The summed E-state index contributed by atoms with van der Waals surface area (Å²) in [4.78, 5) is 13.1. The first-order valence-corrected chi connectivity index (χ1v) is 15.6. The number of ether oxygens (including phenoxy) is 2. The molecule has 0 spiro atoms. The standard InChI is InChI=1S/C26H28BrN3O7S2/c1-19-3-10-23(11-4-19)38(32,33)30(22-8-5-20(27)6-9-22)18-26(31)28-21-7-12-24(36-2)25(17-21)39(34,35)29-13-15-37-16-14-29/h3-12,17H,13-16,18H2,1-2H3,(H,28,31). The Bertz CT molecular complexity index is 1540. The van der Waals surface area contributed by atoms with E-state index in [1.807, 2.05) is 6.92 Å². The topological polar surface area (TPSA) is 122 Å². The van der Waals surface area contributed by atoms with Crippen LogP contribution in [0.3, 0.4) is 0 Å². The van der Waals surface area contributed by atoms with Crippen molar-refractivity contribution < 1.29 is 31.1 Å². The fourth-order valence-corrected chi connectivity index (χ4v) is 7.25. The molecule has 1 fully saturated rings. The number of morpholine rings is 1. The molecule has 0 atom stereocenters. The van der Waals surface area contributed by atoms with E-state index in [1.165, 1.54) is 41.7 Å². The normalized spacial score (nSPS) is 14.5. The molecule has 13 heteroatoms. The maximum Gasteiger partial charge on any atom is 0.264 e. The molecule has 1 aliphatic rings. The lowest BCUT2D eigenvalue weighted by molar-refractivity contribution is -0.114. The van der Waals surface area contributed by atoms with E-state index in [2.05, 4.69) is 21.2 Å². The van der Waals surface area contributed by atoms with Crippen molar-refractivity contribution >= 4 is 53.3 Å². The monoisotopic (exact) mass is 637 g/mol. The first kappa shape index (κ1) is 29.0. The highest BCUT2D eigenvalue weighted by Crippen LogP contribution is 2.31. The van der Waals surface area contributed by atoms with E-state index in [9.17, 15) is 21.6 Å². The third-order valence-electron chi connectivity index (χ3n) is 6.05. The van der Waals surface area contributed by atoms with Gasteiger partial charge >= 0.3 is 0 Å². The molecule has 1 amide bonds. The van der Waals surface area contributed by atoms with Crippen LogP contribution in [-0.4, -0.2) is 67.0 Å². The van der Waals surface area contributed by atoms with Gasteiger partial charge in [0.25, 0.3) is 10.0 Å². The highest BCUT2D eigenvalue weighted by molar-refractivity contribution is 9.10. The van der Waals surface area contributed by atoms with Crippen LogP contribution in [-0.2, 0) is 29.6 Å². The molecule has 3 aromatic carbocycles. The van der Waals surface area contributed by atoms with Gasteiger partial charge in [0, 0.05) is 23.2 Å². The van der Waals surface area contributed by atoms with Gasteiger partial charge in [-0.05, 0) is 61.5 Å². The zero-order chi connectivity index (χ0) is 28.2. The fraction of sp³-hybridized carbons (Fsp3) is 0.269. The highest BCUT2D eigenvalue weighted by atomic mass is 79.9. The van der Waals surface area contributed by atoms with Gasteiger partial charge in [-0.1, -0.05) is 33.6 Å². The van der Waals surface area contributed by atoms with Gasteiger partial charge in [-0.3, -0.25) is 9.10 Å². The van der Waals surface area contributed by atoms with Gasteiger partial charge in [0.05, 0.1) is 30.9 Å². The third kappa shape index (κ3) is 6.61. The zero-order valence-electron chi connectivity index (χ0n) is 21.3. The van der Waals surface area contributed by atoms with Crippen molar-refractivity contribution in [2.75, 3.05) is 49.6 Å². The van der Waals surface area contributed by atoms with Gasteiger partial charge in [-0.2, -0.15) is 4.31 Å². The predicted molar refractivity (Wildman–Crippen MR) is 151 cm³/mol. The van der Waals surface area contributed by atoms with E-state index in [4.69, 9.17) is 9.47 Å². The lowest BCUT2D eigenvalue weighted by atomic mass is 10.2. The lowest BCUT2D eigenvalue weighted by Crippen LogP contribution is -2.40. The Morgan fingerprint density at radius 2 is 1.64 bits per heavy atom. The molecule has 208 valence electrons. The summed E-state index contributed by atoms with van der Waals surface area (Å²) in [7, 11) is -6.68. The van der Waals surface area contributed by atoms with Crippen molar-refractivity contribution in [2.45, 2.75) is 16.7 Å². The second-order valence-electron chi connectivity index (χ2n) is 8.73. The minimum absolute atomic E-state index is 0.0344. The number of methoxy groups -OCH3 is 1. The second kappa shape index (κ2) is 12.0. The maximum absolute atomic E-state index is 13.6. The van der Waals surface area contributed by atoms with Crippen LogP contribution in [0.25, 0.3) is 0 Å². The number of aryl methyl sites for hydroxylation is 1. The summed E-state index contributed by atoms with van der Waals surface area (Å²) >= 11 is 3.34. The number of halogens is 1. The van der Waals surface area contributed by atoms with Gasteiger partial charge in [0.2, 0.25) is 15.9 Å². The van der Waals surface area contributed by atoms with E-state index >= 15 is 0 Å². The van der Waals surface area contributed by atoms with Crippen LogP contribution in [0.1, 0.15) is 5.56 Å². The Labute approximate surface area is 236 Å². The van der Waals surface area contributed by atoms with Crippen LogP contribution in [0.4, 0.5) is 11.4 Å². The second-order valence-corrected chi connectivity index (χ2v) is 13.4. The van der Waals surface area contributed by atoms with E-state index in [1.54, 1.807) is 36.4 Å². The first-order chi connectivity index (χ1) is 18.5. The molecule has 4 rings (SSSR count). The van der Waals surface area contributed by atoms with E-state index in [0.717, 1.165) is 14.3 Å². The average molecular weight is 639 g/mol. The molecule has 0 bridgehead atoms. The zero-order valence-corrected chi connectivity index (χ0v) is 24.6. The summed E-state index contributed by atoms with van der Waals surface area (Å²) in [5.41, 5.74) is 1.36. The van der Waals surface area contributed by atoms with Crippen LogP contribution in [0.15, 0.2) is 81.0 Å². The smallest absolute Gasteiger partial charge is 0.264 e. The summed E-state index contributed by atoms with van der Waals surface area (Å²) in [5.74, 6) is -0.536. The largest absolute Gasteiger partial charge is 0.495 e. The molecular formula is C26H28BrN3O7S2. The molecule has 0 aromatic heterocycles. The van der Waals surface area contributed by atoms with Gasteiger partial charge in [0.1, 0.15) is 17.2 Å². The Kier molecular flexibility index (Phi) is 8.96. The highest BCUT2D eigenvalue weighted by Gasteiger charge is 2.31. The van der Waals surface area contributed by atoms with Crippen molar-refractivity contribution in [1.29, 1.82) is 0 Å². The van der Waals surface area contributed by atoms with Crippen molar-refractivity contribution in [3.05, 3.63) is 76.8 Å². The van der Waals surface area contributed by atoms with Crippen LogP contribution >= 0.6 is 15.9 Å². The number of hydrogen-bond acceptors (Lipinski definition) is 7. The maximum atomic E-state index is 13.6. The summed E-state index contributed by atoms with van der Waals surface area (Å²) in [6.45, 7) is 2.24. The number of anilines is 2. The molecular weight excluding hydrogens is 610 g/mol. The quantitative estimate of drug-likeness (QED) is 0.380. The molecule has 0 aliphatic carbocycles. The van der Waals surface area contributed by atoms with Crippen LogP contribution < -0.4 is 14.4 Å². The van der Waals surface area contributed by atoms with Gasteiger partial charge in [-0.25, -0.2) is 16.8 Å². The third-order valence-corrected chi connectivity index (χ3v) is 10.3. The van der Waals surface area contributed by atoms with Gasteiger partial charge in [-0.15, -0.1) is 0 Å². The molecule has 0 radical (unpaired) electrons. The minimum Gasteiger partial charge on any atom is -0.495 e. The number of hydrogen-bond donors (Lipinski definition) is 1. The van der Waals surface area contributed by atoms with Crippen molar-refractivity contribution in [3.8, 4) is 5.75 Å². The van der Waals surface area contributed by atoms with Crippen molar-refractivity contribution in [1.82, 2.24) is 4.31 Å². The van der Waals surface area contributed by atoms with Crippen molar-refractivity contribution in [2.24, 2.45) is 0 Å². The molecule has 3 aromatic rings. The van der Waals surface area contributed by atoms with Gasteiger partial charge < -0.3 is 14.8 Å². The Hall–Kier alpha value is -2.97. The molecule has 1 heterocycles. The number of sulfonamides is 2. The number of nitrogens with one attached hydrogen (secondary N) is 1. The average Bonchev–Trinajstić information content (AvgIpc) is 2.93. The van der Waals surface area contributed by atoms with Gasteiger partial charge in [0.15, 0.2) is 0 Å². The van der Waals surface area contributed by atoms with Crippen LogP contribution in [0.2, 0.25) is 0 Å². The fourth-order valence-electron chi connectivity index (χ4n) is 3.97.